The van der Waals surface area contributed by atoms with E-state index in [2.05, 4.69) is 10.2 Å². The topological polar surface area (TPSA) is 94.8 Å². The lowest BCUT2D eigenvalue weighted by atomic mass is 9.98. The van der Waals surface area contributed by atoms with Gasteiger partial charge < -0.3 is 13.9 Å². The molecule has 33 heavy (non-hydrogen) atoms. The molecular weight excluding hydrogens is 442 g/mol. The molecule has 0 saturated carbocycles. The molecule has 0 N–H and O–H groups in total. The Labute approximate surface area is 193 Å². The maximum absolute atomic E-state index is 13.6. The quantitative estimate of drug-likeness (QED) is 0.415. The Balaban J connectivity index is 1.74. The molecule has 9 heteroatoms. The molecule has 1 aliphatic rings. The number of rotatable bonds is 6. The predicted molar refractivity (Wildman–Crippen MR) is 125 cm³/mol. The van der Waals surface area contributed by atoms with Crippen molar-refractivity contribution >= 4 is 33.3 Å². The number of benzene rings is 2. The number of amides is 1. The van der Waals surface area contributed by atoms with Crippen LogP contribution in [0.5, 0.6) is 11.5 Å². The third kappa shape index (κ3) is 3.54. The first-order valence-corrected chi connectivity index (χ1v) is 11.3. The Kier molecular flexibility index (Phi) is 5.33. The van der Waals surface area contributed by atoms with Gasteiger partial charge in [0.25, 0.3) is 5.91 Å². The van der Waals surface area contributed by atoms with Crippen molar-refractivity contribution in [1.82, 2.24) is 10.2 Å². The van der Waals surface area contributed by atoms with Gasteiger partial charge in [0.15, 0.2) is 5.43 Å². The summed E-state index contributed by atoms with van der Waals surface area (Å²) in [6, 6.07) is 11.7. The number of methoxy groups -OCH3 is 1. The normalized spacial score (nSPS) is 15.2. The molecule has 8 nitrogen and oxygen atoms in total. The first kappa shape index (κ1) is 21.1. The molecule has 2 aromatic heterocycles. The maximum atomic E-state index is 13.6. The van der Waals surface area contributed by atoms with Crippen LogP contribution in [0.25, 0.3) is 11.0 Å². The summed E-state index contributed by atoms with van der Waals surface area (Å²) in [4.78, 5) is 28.7. The lowest BCUT2D eigenvalue weighted by Crippen LogP contribution is -2.29. The van der Waals surface area contributed by atoms with Crippen LogP contribution < -0.4 is 19.8 Å². The minimum absolute atomic E-state index is 0.00140. The monoisotopic (exact) mass is 463 g/mol. The SMILES string of the molecule is CCCOc1cccc(C2c3c(oc4cc(OC)ccc4c3=O)C(=O)N2c2nnc(C)s2)c1. The minimum atomic E-state index is -0.715. The second kappa shape index (κ2) is 8.32. The van der Waals surface area contributed by atoms with Crippen LogP contribution in [0.15, 0.2) is 51.7 Å². The van der Waals surface area contributed by atoms with Crippen molar-refractivity contribution in [3.8, 4) is 11.5 Å². The van der Waals surface area contributed by atoms with Gasteiger partial charge in [-0.25, -0.2) is 0 Å². The van der Waals surface area contributed by atoms with E-state index < -0.39 is 11.9 Å². The summed E-state index contributed by atoms with van der Waals surface area (Å²) in [5.74, 6) is 0.759. The van der Waals surface area contributed by atoms with Crippen LogP contribution in [0.4, 0.5) is 5.13 Å². The van der Waals surface area contributed by atoms with E-state index >= 15 is 0 Å². The van der Waals surface area contributed by atoms with Gasteiger partial charge in [-0.05, 0) is 43.2 Å². The molecule has 1 atom stereocenters. The molecule has 0 saturated heterocycles. The molecule has 1 aliphatic heterocycles. The summed E-state index contributed by atoms with van der Waals surface area (Å²) in [5.41, 5.74) is 1.03. The van der Waals surface area contributed by atoms with Gasteiger partial charge >= 0.3 is 0 Å². The van der Waals surface area contributed by atoms with Gasteiger partial charge in [0.05, 0.1) is 30.7 Å². The van der Waals surface area contributed by atoms with Gasteiger partial charge in [0.1, 0.15) is 22.1 Å². The maximum Gasteiger partial charge on any atom is 0.297 e. The molecule has 3 heterocycles. The first-order chi connectivity index (χ1) is 16.0. The molecule has 0 spiro atoms. The second-order valence-corrected chi connectivity index (χ2v) is 8.80. The molecule has 0 aliphatic carbocycles. The van der Waals surface area contributed by atoms with Crippen molar-refractivity contribution in [1.29, 1.82) is 0 Å². The summed E-state index contributed by atoms with van der Waals surface area (Å²) in [6.45, 7) is 4.41. The average Bonchev–Trinajstić information content (AvgIpc) is 3.38. The fraction of sp³-hybridized carbons (Fsp3) is 0.250. The Hall–Kier alpha value is -3.72. The van der Waals surface area contributed by atoms with E-state index in [4.69, 9.17) is 13.9 Å². The molecule has 4 aromatic rings. The van der Waals surface area contributed by atoms with E-state index in [1.165, 1.54) is 23.3 Å². The third-order valence-electron chi connectivity index (χ3n) is 5.45. The van der Waals surface area contributed by atoms with Gasteiger partial charge in [0.2, 0.25) is 10.9 Å². The summed E-state index contributed by atoms with van der Waals surface area (Å²) < 4.78 is 17.0. The lowest BCUT2D eigenvalue weighted by Gasteiger charge is -2.22. The van der Waals surface area contributed by atoms with Crippen LogP contribution in [-0.4, -0.2) is 29.8 Å². The zero-order valence-electron chi connectivity index (χ0n) is 18.3. The van der Waals surface area contributed by atoms with Crippen molar-refractivity contribution in [3.63, 3.8) is 0 Å². The number of fused-ring (bicyclic) bond motifs is 2. The van der Waals surface area contributed by atoms with Gasteiger partial charge in [-0.3, -0.25) is 14.5 Å². The molecule has 0 bridgehead atoms. The highest BCUT2D eigenvalue weighted by molar-refractivity contribution is 7.15. The lowest BCUT2D eigenvalue weighted by molar-refractivity contribution is 0.0970. The molecule has 0 fully saturated rings. The van der Waals surface area contributed by atoms with Gasteiger partial charge in [-0.15, -0.1) is 10.2 Å². The largest absolute Gasteiger partial charge is 0.497 e. The minimum Gasteiger partial charge on any atom is -0.497 e. The number of aryl methyl sites for hydroxylation is 1. The number of hydrogen-bond acceptors (Lipinski definition) is 8. The molecule has 1 unspecified atom stereocenters. The van der Waals surface area contributed by atoms with E-state index in [0.717, 1.165) is 12.0 Å². The Morgan fingerprint density at radius 2 is 1.97 bits per heavy atom. The zero-order chi connectivity index (χ0) is 23.1. The number of carbonyl (C=O) groups excluding carboxylic acids is 1. The number of hydrogen-bond donors (Lipinski definition) is 0. The van der Waals surface area contributed by atoms with Crippen molar-refractivity contribution in [2.75, 3.05) is 18.6 Å². The van der Waals surface area contributed by atoms with E-state index in [1.54, 1.807) is 18.2 Å². The number of anilines is 1. The summed E-state index contributed by atoms with van der Waals surface area (Å²) in [5, 5.41) is 9.74. The Morgan fingerprint density at radius 1 is 1.12 bits per heavy atom. The number of carbonyl (C=O) groups is 1. The van der Waals surface area contributed by atoms with E-state index in [9.17, 15) is 9.59 Å². The first-order valence-electron chi connectivity index (χ1n) is 10.5. The van der Waals surface area contributed by atoms with Gasteiger partial charge in [-0.2, -0.15) is 0 Å². The highest BCUT2D eigenvalue weighted by Gasteiger charge is 2.45. The number of aromatic nitrogens is 2. The molecule has 168 valence electrons. The molecule has 1 amide bonds. The van der Waals surface area contributed by atoms with Crippen LogP contribution >= 0.6 is 11.3 Å². The van der Waals surface area contributed by atoms with Crippen LogP contribution in [0.1, 0.15) is 46.1 Å². The van der Waals surface area contributed by atoms with Crippen molar-refractivity contribution in [2.45, 2.75) is 26.3 Å². The van der Waals surface area contributed by atoms with Gasteiger partial charge in [-0.1, -0.05) is 30.4 Å². The Morgan fingerprint density at radius 3 is 2.70 bits per heavy atom. The van der Waals surface area contributed by atoms with Crippen molar-refractivity contribution in [3.05, 3.63) is 74.6 Å². The zero-order valence-corrected chi connectivity index (χ0v) is 19.1. The fourth-order valence-corrected chi connectivity index (χ4v) is 4.68. The highest BCUT2D eigenvalue weighted by atomic mass is 32.1. The molecular formula is C24H21N3O5S. The standard InChI is InChI=1S/C24H21N3O5S/c1-4-10-31-16-7-5-6-14(11-16)20-19-21(28)17-9-8-15(30-3)12-18(17)32-22(19)23(29)27(20)24-26-25-13(2)33-24/h5-9,11-12,20H,4,10H2,1-3H3. The Bertz CT molecular complexity index is 1430. The van der Waals surface area contributed by atoms with Crippen LogP contribution in [0, 0.1) is 6.92 Å². The van der Waals surface area contributed by atoms with E-state index in [-0.39, 0.29) is 16.8 Å². The van der Waals surface area contributed by atoms with Crippen molar-refractivity contribution in [2.24, 2.45) is 0 Å². The number of nitrogens with zero attached hydrogens (tertiary/aromatic N) is 3. The third-order valence-corrected chi connectivity index (χ3v) is 6.29. The van der Waals surface area contributed by atoms with Crippen LogP contribution in [0.2, 0.25) is 0 Å². The fourth-order valence-electron chi connectivity index (χ4n) is 3.97. The molecule has 0 radical (unpaired) electrons. The number of ether oxygens (including phenoxy) is 2. The van der Waals surface area contributed by atoms with E-state index in [1.807, 2.05) is 38.1 Å². The van der Waals surface area contributed by atoms with Gasteiger partial charge in [0, 0.05) is 6.07 Å². The second-order valence-electron chi connectivity index (χ2n) is 7.64. The smallest absolute Gasteiger partial charge is 0.297 e. The van der Waals surface area contributed by atoms with Crippen LogP contribution in [0.3, 0.4) is 0 Å². The summed E-state index contributed by atoms with van der Waals surface area (Å²) in [6.07, 6.45) is 0.865. The predicted octanol–water partition coefficient (Wildman–Crippen LogP) is 4.50. The average molecular weight is 464 g/mol. The highest BCUT2D eigenvalue weighted by Crippen LogP contribution is 2.42. The summed E-state index contributed by atoms with van der Waals surface area (Å²) >= 11 is 1.28. The van der Waals surface area contributed by atoms with Crippen molar-refractivity contribution < 1.29 is 18.7 Å². The molecule has 5 rings (SSSR count). The summed E-state index contributed by atoms with van der Waals surface area (Å²) in [7, 11) is 1.53. The van der Waals surface area contributed by atoms with Crippen LogP contribution in [-0.2, 0) is 0 Å². The van der Waals surface area contributed by atoms with E-state index in [0.29, 0.717) is 39.2 Å². The molecule has 2 aromatic carbocycles.